The summed E-state index contributed by atoms with van der Waals surface area (Å²) < 4.78 is 19.6. The quantitative estimate of drug-likeness (QED) is 0.0765. The third-order valence-corrected chi connectivity index (χ3v) is 8.97. The topological polar surface area (TPSA) is 177 Å². The fourth-order valence-electron chi connectivity index (χ4n) is 5.86. The molecule has 0 aliphatic carbocycles. The van der Waals surface area contributed by atoms with Gasteiger partial charge in [0.15, 0.2) is 5.79 Å². The fraction of sp³-hybridized carbons (Fsp3) is 0.622. The Bertz CT molecular complexity index is 1280. The van der Waals surface area contributed by atoms with Gasteiger partial charge in [0.1, 0.15) is 11.7 Å². The first-order valence-electron chi connectivity index (χ1n) is 16.8. The number of carboxylic acids is 3. The van der Waals surface area contributed by atoms with Crippen LogP contribution >= 0.6 is 0 Å². The van der Waals surface area contributed by atoms with Gasteiger partial charge in [-0.25, -0.2) is 9.59 Å². The number of ether oxygens (including phenoxy) is 3. The van der Waals surface area contributed by atoms with E-state index in [1.54, 1.807) is 38.2 Å². The molecule has 11 heteroatoms. The molecule has 4 N–H and O–H groups in total. The van der Waals surface area contributed by atoms with Gasteiger partial charge in [0.05, 0.1) is 25.0 Å². The number of hydrogen-bond donors (Lipinski definition) is 4. The molecule has 7 unspecified atom stereocenters. The van der Waals surface area contributed by atoms with Crippen LogP contribution in [0.15, 0.2) is 59.8 Å². The number of aliphatic carboxylic acids is 3. The van der Waals surface area contributed by atoms with Crippen LogP contribution in [0.2, 0.25) is 0 Å². The van der Waals surface area contributed by atoms with Crippen molar-refractivity contribution in [3.8, 4) is 0 Å². The van der Waals surface area contributed by atoms with Crippen molar-refractivity contribution in [3.63, 3.8) is 0 Å². The largest absolute Gasteiger partial charge is 0.481 e. The van der Waals surface area contributed by atoms with Crippen LogP contribution in [-0.2, 0) is 33.4 Å². The van der Waals surface area contributed by atoms with E-state index in [0.29, 0.717) is 43.6 Å². The van der Waals surface area contributed by atoms with E-state index >= 15 is 0 Å². The van der Waals surface area contributed by atoms with Crippen LogP contribution in [0.3, 0.4) is 0 Å². The van der Waals surface area contributed by atoms with Crippen LogP contribution < -0.4 is 0 Å². The first kappa shape index (κ1) is 40.6. The van der Waals surface area contributed by atoms with Crippen molar-refractivity contribution in [2.45, 2.75) is 129 Å². The highest BCUT2D eigenvalue weighted by molar-refractivity contribution is 5.81. The van der Waals surface area contributed by atoms with Crippen molar-refractivity contribution >= 4 is 23.9 Å². The van der Waals surface area contributed by atoms with Crippen LogP contribution in [0.1, 0.15) is 99.3 Å². The summed E-state index contributed by atoms with van der Waals surface area (Å²) in [5, 5.41) is 37.6. The molecule has 0 amide bonds. The van der Waals surface area contributed by atoms with Crippen LogP contribution in [-0.4, -0.2) is 74.0 Å². The summed E-state index contributed by atoms with van der Waals surface area (Å²) in [4.78, 5) is 46.2. The molecular weight excluding hydrogens is 620 g/mol. The molecular formula is C37H54O11. The number of hydrogen-bond acceptors (Lipinski definition) is 8. The summed E-state index contributed by atoms with van der Waals surface area (Å²) in [6.07, 6.45) is 14.0. The number of allylic oxidation sites excluding steroid dienone is 4. The number of aliphatic hydroxyl groups is 1. The van der Waals surface area contributed by atoms with Crippen LogP contribution in [0.5, 0.6) is 0 Å². The van der Waals surface area contributed by atoms with Crippen molar-refractivity contribution in [2.24, 2.45) is 17.8 Å². The maximum atomic E-state index is 13.0. The zero-order chi connectivity index (χ0) is 36.1. The van der Waals surface area contributed by atoms with Crippen LogP contribution in [0, 0.1) is 17.8 Å². The van der Waals surface area contributed by atoms with E-state index in [1.807, 2.05) is 13.0 Å². The normalized spacial score (nSPS) is 28.4. The summed E-state index contributed by atoms with van der Waals surface area (Å²) in [7, 11) is 0. The molecule has 0 aromatic rings. The van der Waals surface area contributed by atoms with Crippen LogP contribution in [0.25, 0.3) is 0 Å². The van der Waals surface area contributed by atoms with E-state index in [0.717, 1.165) is 30.6 Å². The number of aliphatic hydroxyl groups excluding tert-OH is 1. The monoisotopic (exact) mass is 674 g/mol. The van der Waals surface area contributed by atoms with Gasteiger partial charge in [-0.2, -0.15) is 0 Å². The smallest absolute Gasteiger partial charge is 0.328 e. The molecule has 0 aromatic carbocycles. The van der Waals surface area contributed by atoms with Crippen molar-refractivity contribution in [1.29, 1.82) is 0 Å². The Morgan fingerprint density at radius 3 is 2.23 bits per heavy atom. The highest BCUT2D eigenvalue weighted by Gasteiger charge is 2.54. The van der Waals surface area contributed by atoms with Crippen molar-refractivity contribution in [3.05, 3.63) is 59.8 Å². The van der Waals surface area contributed by atoms with E-state index in [-0.39, 0.29) is 30.8 Å². The molecule has 11 nitrogen and oxygen atoms in total. The number of rotatable bonds is 17. The molecule has 0 bridgehead atoms. The number of carboxylic acid groups (broad SMARTS) is 3. The van der Waals surface area contributed by atoms with Gasteiger partial charge in [-0.15, -0.1) is 0 Å². The third-order valence-electron chi connectivity index (χ3n) is 8.97. The van der Waals surface area contributed by atoms with Gasteiger partial charge in [-0.1, -0.05) is 69.7 Å². The third kappa shape index (κ3) is 13.5. The predicted molar refractivity (Wildman–Crippen MR) is 180 cm³/mol. The number of carbonyl (C=O) groups excluding carboxylic acids is 1. The second kappa shape index (κ2) is 18.9. The summed E-state index contributed by atoms with van der Waals surface area (Å²) in [5.41, 5.74) is 0.292. The Morgan fingerprint density at radius 2 is 1.60 bits per heavy atom. The molecule has 2 aliphatic heterocycles. The Labute approximate surface area is 284 Å². The van der Waals surface area contributed by atoms with Crippen molar-refractivity contribution in [1.82, 2.24) is 0 Å². The Morgan fingerprint density at radius 1 is 0.896 bits per heavy atom. The molecule has 2 aliphatic rings. The number of carbonyl (C=O) groups is 4. The van der Waals surface area contributed by atoms with Gasteiger partial charge in [0.2, 0.25) is 0 Å². The van der Waals surface area contributed by atoms with Crippen LogP contribution in [0.4, 0.5) is 0 Å². The van der Waals surface area contributed by atoms with Gasteiger partial charge in [-0.3, -0.25) is 9.59 Å². The lowest BCUT2D eigenvalue weighted by Gasteiger charge is -2.53. The fourth-order valence-corrected chi connectivity index (χ4v) is 5.86. The summed E-state index contributed by atoms with van der Waals surface area (Å²) in [6.45, 7) is 11.5. The first-order chi connectivity index (χ1) is 22.5. The van der Waals surface area contributed by atoms with Gasteiger partial charge < -0.3 is 34.6 Å². The van der Waals surface area contributed by atoms with E-state index in [2.05, 4.69) is 20.8 Å². The zero-order valence-corrected chi connectivity index (χ0v) is 29.1. The highest BCUT2D eigenvalue weighted by Crippen LogP contribution is 2.48. The minimum Gasteiger partial charge on any atom is -0.481 e. The van der Waals surface area contributed by atoms with E-state index in [1.165, 1.54) is 6.08 Å². The molecule has 2 heterocycles. The van der Waals surface area contributed by atoms with Gasteiger partial charge in [0, 0.05) is 30.9 Å². The molecule has 2 saturated heterocycles. The molecule has 2 rings (SSSR count). The van der Waals surface area contributed by atoms with Gasteiger partial charge in [-0.05, 0) is 63.4 Å². The average Bonchev–Trinajstić information content (AvgIpc) is 3.01. The lowest BCUT2D eigenvalue weighted by Crippen LogP contribution is -2.59. The minimum atomic E-state index is -1.10. The summed E-state index contributed by atoms with van der Waals surface area (Å²) in [5.74, 6) is -4.71. The Balaban J connectivity index is 2.34. The second-order valence-corrected chi connectivity index (χ2v) is 13.7. The average molecular weight is 675 g/mol. The van der Waals surface area contributed by atoms with Crippen molar-refractivity contribution < 1.29 is 53.8 Å². The van der Waals surface area contributed by atoms with Gasteiger partial charge in [0.25, 0.3) is 0 Å². The SMILES string of the molecule is CC(/C=C\C1OC2(CCC(C)C(C/C=C(C)/C=C/C(O)C(C)/C=C/C(=O)O)O2)CCC1(CCC(C)C)OC(=O)CCC(=O)O)=C/C(=O)O. The summed E-state index contributed by atoms with van der Waals surface area (Å²) in [6, 6.07) is 0. The van der Waals surface area contributed by atoms with Gasteiger partial charge >= 0.3 is 23.9 Å². The van der Waals surface area contributed by atoms with E-state index < -0.39 is 47.5 Å². The molecule has 7 atom stereocenters. The molecule has 1 spiro atoms. The highest BCUT2D eigenvalue weighted by atomic mass is 16.7. The molecule has 2 fully saturated rings. The summed E-state index contributed by atoms with van der Waals surface area (Å²) >= 11 is 0. The Kier molecular flexibility index (Phi) is 16.0. The maximum Gasteiger partial charge on any atom is 0.328 e. The van der Waals surface area contributed by atoms with E-state index in [9.17, 15) is 29.4 Å². The lowest BCUT2D eigenvalue weighted by molar-refractivity contribution is -0.345. The second-order valence-electron chi connectivity index (χ2n) is 13.7. The molecule has 0 radical (unpaired) electrons. The standard InChI is InChI=1S/C37H54O11/c1-24(2)17-19-36(48-35(45)16-15-33(41)42)21-22-37(47-31(36)13-9-26(4)23-34(43)44)20-18-28(6)30(46-37)12-8-25(3)7-11-29(38)27(5)10-14-32(39)40/h7-11,13-14,23-24,27-31,38H,12,15-22H2,1-6H3,(H,39,40)(H,41,42)(H,43,44)/b11-7+,13-9-,14-10+,25-8+,26-23-. The van der Waals surface area contributed by atoms with Crippen molar-refractivity contribution in [2.75, 3.05) is 0 Å². The predicted octanol–water partition coefficient (Wildman–Crippen LogP) is 6.38. The molecule has 0 saturated carbocycles. The molecule has 268 valence electrons. The lowest BCUT2D eigenvalue weighted by atomic mass is 9.77. The van der Waals surface area contributed by atoms with E-state index in [4.69, 9.17) is 24.4 Å². The maximum absolute atomic E-state index is 13.0. The molecule has 48 heavy (non-hydrogen) atoms. The first-order valence-corrected chi connectivity index (χ1v) is 16.8. The number of esters is 1. The Hall–Kier alpha value is -3.54. The zero-order valence-electron chi connectivity index (χ0n) is 29.1. The minimum absolute atomic E-state index is 0.191. The molecule has 0 aromatic heterocycles.